The van der Waals surface area contributed by atoms with Gasteiger partial charge in [0.2, 0.25) is 15.9 Å². The topological polar surface area (TPSA) is 89.3 Å². The molecule has 1 amide bonds. The Morgan fingerprint density at radius 2 is 1.83 bits per heavy atom. The van der Waals surface area contributed by atoms with E-state index >= 15 is 0 Å². The van der Waals surface area contributed by atoms with Gasteiger partial charge in [-0.25, -0.2) is 13.6 Å². The smallest absolute Gasteiger partial charge is 0.247 e. The fourth-order valence-corrected chi connectivity index (χ4v) is 4.24. The van der Waals surface area contributed by atoms with Gasteiger partial charge in [0.15, 0.2) is 0 Å². The number of carbonyl (C=O) groups is 1. The molecule has 0 radical (unpaired) electrons. The second-order valence-corrected chi connectivity index (χ2v) is 9.15. The Morgan fingerprint density at radius 3 is 2.33 bits per heavy atom. The molecule has 1 aromatic carbocycles. The second-order valence-electron chi connectivity index (χ2n) is 5.76. The van der Waals surface area contributed by atoms with Crippen molar-refractivity contribution in [3.05, 3.63) is 51.9 Å². The van der Waals surface area contributed by atoms with Gasteiger partial charge >= 0.3 is 0 Å². The Bertz CT molecular complexity index is 814. The van der Waals surface area contributed by atoms with E-state index in [-0.39, 0.29) is 28.5 Å². The van der Waals surface area contributed by atoms with Crippen LogP contribution in [0, 0.1) is 5.92 Å². The van der Waals surface area contributed by atoms with Crippen LogP contribution in [0.15, 0.2) is 40.6 Å². The predicted octanol–water partition coefficient (Wildman–Crippen LogP) is 3.10. The van der Waals surface area contributed by atoms with Crippen LogP contribution < -0.4 is 10.5 Å². The van der Waals surface area contributed by atoms with Gasteiger partial charge in [-0.05, 0) is 35.7 Å². The summed E-state index contributed by atoms with van der Waals surface area (Å²) in [5, 5.41) is 8.57. The Balaban J connectivity index is 2.08. The number of carbonyl (C=O) groups excluding carboxylic acids is 1. The number of primary sulfonamides is 1. The van der Waals surface area contributed by atoms with Crippen LogP contribution >= 0.6 is 22.9 Å². The third kappa shape index (κ3) is 4.80. The van der Waals surface area contributed by atoms with E-state index in [0.717, 1.165) is 21.8 Å². The maximum atomic E-state index is 12.6. The molecule has 0 aliphatic carbocycles. The molecule has 1 atom stereocenters. The third-order valence-electron chi connectivity index (χ3n) is 3.53. The van der Waals surface area contributed by atoms with E-state index in [1.807, 2.05) is 26.0 Å². The lowest BCUT2D eigenvalue weighted by Crippen LogP contribution is -2.31. The molecule has 2 aromatic rings. The molecule has 0 spiro atoms. The molecule has 2 rings (SSSR count). The number of halogens is 1. The van der Waals surface area contributed by atoms with Crippen molar-refractivity contribution in [2.45, 2.75) is 30.5 Å². The number of hydrogen-bond donors (Lipinski definition) is 2. The SMILES string of the molecule is CC(C)C(C(=O)NCc1ccc(S(N)(=O)=O)s1)c1ccc(Cl)cc1. The number of thiophene rings is 1. The first-order chi connectivity index (χ1) is 11.2. The van der Waals surface area contributed by atoms with E-state index < -0.39 is 10.0 Å². The molecule has 0 saturated heterocycles. The zero-order valence-electron chi connectivity index (χ0n) is 13.3. The Kier molecular flexibility index (Phi) is 6.03. The predicted molar refractivity (Wildman–Crippen MR) is 96.6 cm³/mol. The van der Waals surface area contributed by atoms with Crippen LogP contribution in [0.3, 0.4) is 0 Å². The van der Waals surface area contributed by atoms with Crippen LogP contribution in [0.1, 0.15) is 30.2 Å². The number of rotatable bonds is 6. The largest absolute Gasteiger partial charge is 0.351 e. The Morgan fingerprint density at radius 1 is 1.21 bits per heavy atom. The zero-order chi connectivity index (χ0) is 17.9. The van der Waals surface area contributed by atoms with Crippen LogP contribution in [0.5, 0.6) is 0 Å². The van der Waals surface area contributed by atoms with Gasteiger partial charge < -0.3 is 5.32 Å². The maximum Gasteiger partial charge on any atom is 0.247 e. The number of nitrogens with two attached hydrogens (primary N) is 1. The standard InChI is InChI=1S/C16H19ClN2O3S2/c1-10(2)15(11-3-5-12(17)6-4-11)16(20)19-9-13-7-8-14(23-13)24(18,21)22/h3-8,10,15H,9H2,1-2H3,(H,19,20)(H2,18,21,22). The van der Waals surface area contributed by atoms with Gasteiger partial charge in [0.25, 0.3) is 0 Å². The normalized spacial score (nSPS) is 13.0. The molecule has 3 N–H and O–H groups in total. The summed E-state index contributed by atoms with van der Waals surface area (Å²) in [7, 11) is -3.70. The molecule has 8 heteroatoms. The molecule has 1 unspecified atom stereocenters. The van der Waals surface area contributed by atoms with Gasteiger partial charge in [-0.1, -0.05) is 37.6 Å². The first kappa shape index (κ1) is 18.9. The highest BCUT2D eigenvalue weighted by Crippen LogP contribution is 2.26. The quantitative estimate of drug-likeness (QED) is 0.799. The van der Waals surface area contributed by atoms with Crippen LogP contribution in [0.2, 0.25) is 5.02 Å². The van der Waals surface area contributed by atoms with Gasteiger partial charge in [0.1, 0.15) is 4.21 Å². The fraction of sp³-hybridized carbons (Fsp3) is 0.312. The average molecular weight is 387 g/mol. The lowest BCUT2D eigenvalue weighted by atomic mass is 9.87. The molecule has 0 aliphatic rings. The summed E-state index contributed by atoms with van der Waals surface area (Å²) in [5.41, 5.74) is 0.892. The molecule has 24 heavy (non-hydrogen) atoms. The highest BCUT2D eigenvalue weighted by Gasteiger charge is 2.24. The van der Waals surface area contributed by atoms with Crippen molar-refractivity contribution in [2.24, 2.45) is 11.1 Å². The Hall–Kier alpha value is -1.41. The van der Waals surface area contributed by atoms with Gasteiger partial charge in [0, 0.05) is 9.90 Å². The summed E-state index contributed by atoms with van der Waals surface area (Å²) in [5.74, 6) is -0.313. The molecule has 5 nitrogen and oxygen atoms in total. The van der Waals surface area contributed by atoms with Crippen molar-refractivity contribution in [3.8, 4) is 0 Å². The number of amides is 1. The van der Waals surface area contributed by atoms with Gasteiger partial charge in [-0.3, -0.25) is 4.79 Å². The second kappa shape index (κ2) is 7.65. The van der Waals surface area contributed by atoms with Crippen LogP contribution in [-0.4, -0.2) is 14.3 Å². The van der Waals surface area contributed by atoms with Crippen molar-refractivity contribution in [2.75, 3.05) is 0 Å². The molecule has 1 aromatic heterocycles. The minimum atomic E-state index is -3.70. The van der Waals surface area contributed by atoms with E-state index in [1.165, 1.54) is 6.07 Å². The van der Waals surface area contributed by atoms with E-state index in [9.17, 15) is 13.2 Å². The van der Waals surface area contributed by atoms with Crippen molar-refractivity contribution in [1.29, 1.82) is 0 Å². The first-order valence-corrected chi connectivity index (χ1v) is 10.1. The summed E-state index contributed by atoms with van der Waals surface area (Å²) in [4.78, 5) is 13.3. The molecule has 130 valence electrons. The molecule has 0 saturated carbocycles. The number of hydrogen-bond acceptors (Lipinski definition) is 4. The van der Waals surface area contributed by atoms with E-state index in [0.29, 0.717) is 5.02 Å². The lowest BCUT2D eigenvalue weighted by molar-refractivity contribution is -0.123. The fourth-order valence-electron chi connectivity index (χ4n) is 2.40. The van der Waals surface area contributed by atoms with E-state index in [4.69, 9.17) is 16.7 Å². The van der Waals surface area contributed by atoms with E-state index in [2.05, 4.69) is 5.32 Å². The van der Waals surface area contributed by atoms with E-state index in [1.54, 1.807) is 18.2 Å². The van der Waals surface area contributed by atoms with Crippen LogP contribution in [-0.2, 0) is 21.4 Å². The minimum absolute atomic E-state index is 0.0878. The van der Waals surface area contributed by atoms with Crippen LogP contribution in [0.25, 0.3) is 0 Å². The monoisotopic (exact) mass is 386 g/mol. The molecular weight excluding hydrogens is 368 g/mol. The molecule has 0 aliphatic heterocycles. The molecule has 0 bridgehead atoms. The van der Waals surface area contributed by atoms with Gasteiger partial charge in [-0.2, -0.15) is 0 Å². The number of nitrogens with one attached hydrogen (secondary N) is 1. The van der Waals surface area contributed by atoms with Gasteiger partial charge in [-0.15, -0.1) is 11.3 Å². The molecular formula is C16H19ClN2O3S2. The maximum absolute atomic E-state index is 12.6. The van der Waals surface area contributed by atoms with Crippen molar-refractivity contribution in [1.82, 2.24) is 5.32 Å². The summed E-state index contributed by atoms with van der Waals surface area (Å²) >= 11 is 6.95. The first-order valence-electron chi connectivity index (χ1n) is 7.33. The number of sulfonamides is 1. The molecule has 1 heterocycles. The summed E-state index contributed by atoms with van der Waals surface area (Å²) in [6, 6.07) is 10.3. The van der Waals surface area contributed by atoms with Gasteiger partial charge in [0.05, 0.1) is 12.5 Å². The Labute approximate surface area is 150 Å². The van der Waals surface area contributed by atoms with Crippen molar-refractivity contribution in [3.63, 3.8) is 0 Å². The van der Waals surface area contributed by atoms with Crippen molar-refractivity contribution < 1.29 is 13.2 Å². The lowest BCUT2D eigenvalue weighted by Gasteiger charge is -2.20. The summed E-state index contributed by atoms with van der Waals surface area (Å²) < 4.78 is 22.7. The molecule has 0 fully saturated rings. The highest BCUT2D eigenvalue weighted by molar-refractivity contribution is 7.91. The minimum Gasteiger partial charge on any atom is -0.351 e. The zero-order valence-corrected chi connectivity index (χ0v) is 15.7. The summed E-state index contributed by atoms with van der Waals surface area (Å²) in [6.07, 6.45) is 0. The average Bonchev–Trinajstić information content (AvgIpc) is 2.96. The third-order valence-corrected chi connectivity index (χ3v) is 6.31. The number of benzene rings is 1. The van der Waals surface area contributed by atoms with Crippen LogP contribution in [0.4, 0.5) is 0 Å². The summed E-state index contributed by atoms with van der Waals surface area (Å²) in [6.45, 7) is 4.21. The highest BCUT2D eigenvalue weighted by atomic mass is 35.5. The van der Waals surface area contributed by atoms with Crippen molar-refractivity contribution >= 4 is 38.9 Å².